The lowest BCUT2D eigenvalue weighted by molar-refractivity contribution is -0.140. The van der Waals surface area contributed by atoms with Crippen molar-refractivity contribution in [2.24, 2.45) is 0 Å². The second-order valence-corrected chi connectivity index (χ2v) is 9.43. The van der Waals surface area contributed by atoms with E-state index >= 15 is 0 Å². The summed E-state index contributed by atoms with van der Waals surface area (Å²) in [7, 11) is 0. The van der Waals surface area contributed by atoms with Gasteiger partial charge in [0, 0.05) is 36.2 Å². The van der Waals surface area contributed by atoms with Crippen LogP contribution in [0.5, 0.6) is 0 Å². The number of hydrogen-bond acceptors (Lipinski definition) is 4. The first-order valence-electron chi connectivity index (χ1n) is 10.6. The SMILES string of the molecule is CC(=O)N(C1CCN(Cc2ccccc2)CC1)C1CC(=O)N(c2ccc(I)cc2)C1=O. The van der Waals surface area contributed by atoms with Crippen molar-refractivity contribution in [2.75, 3.05) is 18.0 Å². The maximum absolute atomic E-state index is 13.2. The molecule has 162 valence electrons. The molecule has 0 aliphatic carbocycles. The van der Waals surface area contributed by atoms with Gasteiger partial charge in [0.2, 0.25) is 11.8 Å². The Balaban J connectivity index is 1.44. The van der Waals surface area contributed by atoms with Gasteiger partial charge in [-0.1, -0.05) is 30.3 Å². The third kappa shape index (κ3) is 4.82. The van der Waals surface area contributed by atoms with Crippen molar-refractivity contribution in [3.05, 3.63) is 63.7 Å². The van der Waals surface area contributed by atoms with Gasteiger partial charge in [-0.05, 0) is 65.3 Å². The Hall–Kier alpha value is -2.26. The number of nitrogens with zero attached hydrogens (tertiary/aromatic N) is 3. The fourth-order valence-electron chi connectivity index (χ4n) is 4.62. The lowest BCUT2D eigenvalue weighted by atomic mass is 9.99. The number of hydrogen-bond donors (Lipinski definition) is 0. The van der Waals surface area contributed by atoms with Crippen LogP contribution >= 0.6 is 22.6 Å². The van der Waals surface area contributed by atoms with Crippen molar-refractivity contribution in [2.45, 2.75) is 44.8 Å². The van der Waals surface area contributed by atoms with Gasteiger partial charge in [-0.3, -0.25) is 19.3 Å². The zero-order valence-corrected chi connectivity index (χ0v) is 19.7. The molecule has 0 spiro atoms. The second kappa shape index (κ2) is 9.48. The lowest BCUT2D eigenvalue weighted by Crippen LogP contribution is -2.53. The van der Waals surface area contributed by atoms with Gasteiger partial charge in [0.15, 0.2) is 0 Å². The van der Waals surface area contributed by atoms with Crippen LogP contribution in [0, 0.1) is 3.57 Å². The molecule has 2 fully saturated rings. The first-order chi connectivity index (χ1) is 14.9. The minimum Gasteiger partial charge on any atom is -0.327 e. The minimum absolute atomic E-state index is 0.0251. The highest BCUT2D eigenvalue weighted by Crippen LogP contribution is 2.30. The summed E-state index contributed by atoms with van der Waals surface area (Å²) in [6, 6.07) is 16.9. The molecule has 2 aliphatic rings. The van der Waals surface area contributed by atoms with Crippen molar-refractivity contribution >= 4 is 46.0 Å². The number of piperidine rings is 1. The normalized spacial score (nSPS) is 20.3. The van der Waals surface area contributed by atoms with E-state index in [0.29, 0.717) is 5.69 Å². The van der Waals surface area contributed by atoms with E-state index in [4.69, 9.17) is 0 Å². The Morgan fingerprint density at radius 2 is 1.68 bits per heavy atom. The van der Waals surface area contributed by atoms with E-state index in [2.05, 4.69) is 39.6 Å². The highest BCUT2D eigenvalue weighted by molar-refractivity contribution is 14.1. The van der Waals surface area contributed by atoms with Gasteiger partial charge in [-0.15, -0.1) is 0 Å². The van der Waals surface area contributed by atoms with E-state index in [1.54, 1.807) is 17.0 Å². The van der Waals surface area contributed by atoms with Crippen LogP contribution in [0.3, 0.4) is 0 Å². The lowest BCUT2D eigenvalue weighted by Gasteiger charge is -2.40. The van der Waals surface area contributed by atoms with E-state index in [0.717, 1.165) is 36.0 Å². The third-order valence-electron chi connectivity index (χ3n) is 6.11. The summed E-state index contributed by atoms with van der Waals surface area (Å²) in [6.45, 7) is 4.11. The van der Waals surface area contributed by atoms with E-state index in [1.807, 2.05) is 30.3 Å². The summed E-state index contributed by atoms with van der Waals surface area (Å²) in [5.74, 6) is -0.686. The zero-order chi connectivity index (χ0) is 22.0. The predicted molar refractivity (Wildman–Crippen MR) is 127 cm³/mol. The molecule has 0 radical (unpaired) electrons. The van der Waals surface area contributed by atoms with Crippen LogP contribution in [0.2, 0.25) is 0 Å². The standard InChI is InChI=1S/C24H26IN3O3/c1-17(29)27(21-11-13-26(14-12-21)16-18-5-3-2-4-6-18)22-15-23(30)28(24(22)31)20-9-7-19(25)8-10-20/h2-10,21-22H,11-16H2,1H3. The van der Waals surface area contributed by atoms with Crippen LogP contribution in [-0.2, 0) is 20.9 Å². The molecule has 2 aromatic rings. The topological polar surface area (TPSA) is 60.9 Å². The predicted octanol–water partition coefficient (Wildman–Crippen LogP) is 3.44. The summed E-state index contributed by atoms with van der Waals surface area (Å²) in [5, 5.41) is 0. The Morgan fingerprint density at radius 1 is 1.03 bits per heavy atom. The molecule has 2 aromatic carbocycles. The summed E-state index contributed by atoms with van der Waals surface area (Å²) in [4.78, 5) is 43.8. The van der Waals surface area contributed by atoms with Crippen molar-refractivity contribution in [1.29, 1.82) is 0 Å². The maximum Gasteiger partial charge on any atom is 0.257 e. The summed E-state index contributed by atoms with van der Waals surface area (Å²) in [5.41, 5.74) is 1.84. The van der Waals surface area contributed by atoms with Crippen LogP contribution < -0.4 is 4.90 Å². The molecular formula is C24H26IN3O3. The van der Waals surface area contributed by atoms with Gasteiger partial charge in [-0.2, -0.15) is 0 Å². The van der Waals surface area contributed by atoms with Crippen molar-refractivity contribution in [3.8, 4) is 0 Å². The van der Waals surface area contributed by atoms with Crippen LogP contribution in [0.4, 0.5) is 5.69 Å². The second-order valence-electron chi connectivity index (χ2n) is 8.18. The first-order valence-corrected chi connectivity index (χ1v) is 11.7. The molecule has 7 heteroatoms. The molecule has 0 aromatic heterocycles. The molecule has 1 unspecified atom stereocenters. The smallest absolute Gasteiger partial charge is 0.257 e. The summed E-state index contributed by atoms with van der Waals surface area (Å²) < 4.78 is 1.03. The number of likely N-dealkylation sites (tertiary alicyclic amines) is 1. The van der Waals surface area contributed by atoms with Crippen LogP contribution in [-0.4, -0.2) is 52.7 Å². The number of anilines is 1. The number of halogens is 1. The largest absolute Gasteiger partial charge is 0.327 e. The molecule has 2 heterocycles. The number of carbonyl (C=O) groups excluding carboxylic acids is 3. The number of amides is 3. The average Bonchev–Trinajstić information content (AvgIpc) is 3.04. The highest BCUT2D eigenvalue weighted by atomic mass is 127. The molecule has 3 amide bonds. The van der Waals surface area contributed by atoms with E-state index in [1.165, 1.54) is 17.4 Å². The monoisotopic (exact) mass is 531 g/mol. The minimum atomic E-state index is -0.713. The summed E-state index contributed by atoms with van der Waals surface area (Å²) in [6.07, 6.45) is 1.65. The Kier molecular flexibility index (Phi) is 6.71. The maximum atomic E-state index is 13.2. The molecule has 1 atom stereocenters. The molecule has 6 nitrogen and oxygen atoms in total. The molecule has 2 aliphatic heterocycles. The van der Waals surface area contributed by atoms with Crippen LogP contribution in [0.15, 0.2) is 54.6 Å². The van der Waals surface area contributed by atoms with E-state index in [-0.39, 0.29) is 30.2 Å². The molecular weight excluding hydrogens is 505 g/mol. The zero-order valence-electron chi connectivity index (χ0n) is 17.5. The fourth-order valence-corrected chi connectivity index (χ4v) is 4.98. The van der Waals surface area contributed by atoms with Gasteiger partial charge < -0.3 is 4.90 Å². The van der Waals surface area contributed by atoms with Gasteiger partial charge in [0.25, 0.3) is 5.91 Å². The number of imide groups is 1. The Morgan fingerprint density at radius 3 is 2.29 bits per heavy atom. The molecule has 2 saturated heterocycles. The van der Waals surface area contributed by atoms with Gasteiger partial charge in [-0.25, -0.2) is 4.90 Å². The molecule has 0 N–H and O–H groups in total. The summed E-state index contributed by atoms with van der Waals surface area (Å²) >= 11 is 2.19. The van der Waals surface area contributed by atoms with Gasteiger partial charge in [0.05, 0.1) is 12.1 Å². The highest BCUT2D eigenvalue weighted by Gasteiger charge is 2.46. The third-order valence-corrected chi connectivity index (χ3v) is 6.83. The van der Waals surface area contributed by atoms with Crippen LogP contribution in [0.1, 0.15) is 31.7 Å². The number of benzene rings is 2. The average molecular weight is 531 g/mol. The van der Waals surface area contributed by atoms with Crippen molar-refractivity contribution in [3.63, 3.8) is 0 Å². The van der Waals surface area contributed by atoms with Crippen molar-refractivity contribution < 1.29 is 14.4 Å². The Labute approximate surface area is 196 Å². The quantitative estimate of drug-likeness (QED) is 0.439. The molecule has 0 saturated carbocycles. The van der Waals surface area contributed by atoms with Crippen molar-refractivity contribution in [1.82, 2.24) is 9.80 Å². The Bertz CT molecular complexity index is 956. The van der Waals surface area contributed by atoms with E-state index < -0.39 is 6.04 Å². The first kappa shape index (κ1) is 22.0. The van der Waals surface area contributed by atoms with Gasteiger partial charge >= 0.3 is 0 Å². The van der Waals surface area contributed by atoms with Gasteiger partial charge in [0.1, 0.15) is 6.04 Å². The molecule has 31 heavy (non-hydrogen) atoms. The number of carbonyl (C=O) groups is 3. The molecule has 0 bridgehead atoms. The fraction of sp³-hybridized carbons (Fsp3) is 0.375. The molecule has 4 rings (SSSR count). The van der Waals surface area contributed by atoms with Crippen LogP contribution in [0.25, 0.3) is 0 Å². The van der Waals surface area contributed by atoms with E-state index in [9.17, 15) is 14.4 Å². The number of rotatable bonds is 5.